The summed E-state index contributed by atoms with van der Waals surface area (Å²) in [5, 5.41) is 10.6. The Morgan fingerprint density at radius 1 is 1.65 bits per heavy atom. The van der Waals surface area contributed by atoms with Gasteiger partial charge in [-0.25, -0.2) is 0 Å². The van der Waals surface area contributed by atoms with E-state index in [2.05, 4.69) is 4.74 Å². The molecule has 0 spiro atoms. The lowest BCUT2D eigenvalue weighted by Gasteiger charge is -2.08. The number of carbonyl (C=O) groups is 1. The van der Waals surface area contributed by atoms with Crippen LogP contribution in [0.1, 0.15) is 17.9 Å². The monoisotopic (exact) mass is 236 g/mol. The minimum absolute atomic E-state index is 0.00150. The third kappa shape index (κ3) is 1.87. The normalized spacial score (nSPS) is 26.4. The predicted molar refractivity (Wildman–Crippen MR) is 59.4 cm³/mol. The number of ether oxygens (including phenoxy) is 1. The highest BCUT2D eigenvalue weighted by Gasteiger charge is 2.59. The Morgan fingerprint density at radius 2 is 2.35 bits per heavy atom. The minimum Gasteiger partial charge on any atom is -0.468 e. The van der Waals surface area contributed by atoms with Crippen molar-refractivity contribution >= 4 is 11.7 Å². The molecule has 6 heteroatoms. The summed E-state index contributed by atoms with van der Waals surface area (Å²) in [6.07, 6.45) is 0.459. The van der Waals surface area contributed by atoms with Crippen molar-refractivity contribution in [3.8, 4) is 0 Å². The van der Waals surface area contributed by atoms with Crippen molar-refractivity contribution in [2.45, 2.75) is 17.9 Å². The molecule has 17 heavy (non-hydrogen) atoms. The molecule has 90 valence electrons. The van der Waals surface area contributed by atoms with Crippen LogP contribution in [0.25, 0.3) is 0 Å². The average molecular weight is 236 g/mol. The highest BCUT2D eigenvalue weighted by molar-refractivity contribution is 5.86. The van der Waals surface area contributed by atoms with Crippen molar-refractivity contribution in [2.24, 2.45) is 5.73 Å². The fourth-order valence-corrected chi connectivity index (χ4v) is 1.96. The van der Waals surface area contributed by atoms with E-state index in [9.17, 15) is 14.9 Å². The maximum Gasteiger partial charge on any atom is 0.326 e. The molecular weight excluding hydrogens is 224 g/mol. The number of non-ortho nitro benzene ring substituents is 1. The Bertz CT molecular complexity index is 488. The molecule has 0 radical (unpaired) electrons. The van der Waals surface area contributed by atoms with Gasteiger partial charge >= 0.3 is 5.97 Å². The van der Waals surface area contributed by atoms with E-state index in [1.54, 1.807) is 12.1 Å². The molecule has 0 aliphatic heterocycles. The molecule has 2 N–H and O–H groups in total. The molecule has 0 saturated heterocycles. The maximum absolute atomic E-state index is 11.4. The number of nitro benzene ring substituents is 1. The van der Waals surface area contributed by atoms with Gasteiger partial charge in [-0.3, -0.25) is 14.9 Å². The van der Waals surface area contributed by atoms with Gasteiger partial charge < -0.3 is 10.5 Å². The van der Waals surface area contributed by atoms with Crippen molar-refractivity contribution < 1.29 is 14.5 Å². The van der Waals surface area contributed by atoms with Crippen LogP contribution >= 0.6 is 0 Å². The molecule has 0 heterocycles. The lowest BCUT2D eigenvalue weighted by Crippen LogP contribution is -2.35. The fraction of sp³-hybridized carbons (Fsp3) is 0.364. The van der Waals surface area contributed by atoms with Crippen LogP contribution in [-0.4, -0.2) is 23.5 Å². The quantitative estimate of drug-likeness (QED) is 0.479. The second-order valence-corrected chi connectivity index (χ2v) is 4.14. The summed E-state index contributed by atoms with van der Waals surface area (Å²) in [5.41, 5.74) is 5.54. The Balaban J connectivity index is 2.24. The standard InChI is InChI=1S/C11H12N2O4/c1-17-10(14)11(12)6-9(11)7-3-2-4-8(5-7)13(15)16/h2-5,9H,6,12H2,1H3. The summed E-state index contributed by atoms with van der Waals surface area (Å²) >= 11 is 0. The van der Waals surface area contributed by atoms with Gasteiger partial charge in [0.05, 0.1) is 12.0 Å². The van der Waals surface area contributed by atoms with Crippen molar-refractivity contribution in [1.82, 2.24) is 0 Å². The number of hydrogen-bond acceptors (Lipinski definition) is 5. The van der Waals surface area contributed by atoms with Gasteiger partial charge in [0.1, 0.15) is 5.54 Å². The first-order valence-electron chi connectivity index (χ1n) is 5.10. The summed E-state index contributed by atoms with van der Waals surface area (Å²) in [6.45, 7) is 0. The Kier molecular flexibility index (Phi) is 2.59. The lowest BCUT2D eigenvalue weighted by molar-refractivity contribution is -0.384. The Hall–Kier alpha value is -1.95. The van der Waals surface area contributed by atoms with Gasteiger partial charge in [-0.15, -0.1) is 0 Å². The van der Waals surface area contributed by atoms with Crippen molar-refractivity contribution in [3.63, 3.8) is 0 Å². The first kappa shape index (κ1) is 11.5. The van der Waals surface area contributed by atoms with Gasteiger partial charge in [-0.1, -0.05) is 12.1 Å². The molecule has 2 rings (SSSR count). The molecule has 1 aliphatic carbocycles. The van der Waals surface area contributed by atoms with Crippen LogP contribution in [0.15, 0.2) is 24.3 Å². The molecule has 1 saturated carbocycles. The van der Waals surface area contributed by atoms with Crippen LogP contribution in [0.5, 0.6) is 0 Å². The second kappa shape index (κ2) is 3.81. The number of nitrogens with zero attached hydrogens (tertiary/aromatic N) is 1. The molecule has 1 aromatic carbocycles. The summed E-state index contributed by atoms with van der Waals surface area (Å²) in [7, 11) is 1.28. The summed E-state index contributed by atoms with van der Waals surface area (Å²) in [4.78, 5) is 21.6. The molecule has 1 aliphatic rings. The zero-order valence-electron chi connectivity index (χ0n) is 9.25. The third-order valence-electron chi connectivity index (χ3n) is 3.05. The Morgan fingerprint density at radius 3 is 2.94 bits per heavy atom. The highest BCUT2D eigenvalue weighted by Crippen LogP contribution is 2.50. The third-order valence-corrected chi connectivity index (χ3v) is 3.05. The number of nitrogens with two attached hydrogens (primary N) is 1. The molecule has 2 atom stereocenters. The first-order valence-corrected chi connectivity index (χ1v) is 5.10. The minimum atomic E-state index is -1.02. The fourth-order valence-electron chi connectivity index (χ4n) is 1.96. The van der Waals surface area contributed by atoms with E-state index in [1.165, 1.54) is 19.2 Å². The van der Waals surface area contributed by atoms with E-state index in [4.69, 9.17) is 5.73 Å². The predicted octanol–water partition coefficient (Wildman–Crippen LogP) is 0.953. The number of methoxy groups -OCH3 is 1. The molecule has 1 fully saturated rings. The number of hydrogen-bond donors (Lipinski definition) is 1. The van der Waals surface area contributed by atoms with Crippen molar-refractivity contribution in [2.75, 3.05) is 7.11 Å². The number of benzene rings is 1. The molecule has 6 nitrogen and oxygen atoms in total. The van der Waals surface area contributed by atoms with Crippen molar-refractivity contribution in [3.05, 3.63) is 39.9 Å². The van der Waals surface area contributed by atoms with Crippen LogP contribution < -0.4 is 5.73 Å². The maximum atomic E-state index is 11.4. The molecule has 0 amide bonds. The van der Waals surface area contributed by atoms with Gasteiger partial charge in [0.2, 0.25) is 0 Å². The second-order valence-electron chi connectivity index (χ2n) is 4.14. The van der Waals surface area contributed by atoms with E-state index in [0.717, 1.165) is 0 Å². The molecule has 0 bridgehead atoms. The number of carbonyl (C=O) groups excluding carboxylic acids is 1. The van der Waals surface area contributed by atoms with Crippen molar-refractivity contribution in [1.29, 1.82) is 0 Å². The molecule has 2 unspecified atom stereocenters. The van der Waals surface area contributed by atoms with Crippen LogP contribution in [0.2, 0.25) is 0 Å². The lowest BCUT2D eigenvalue weighted by atomic mass is 10.1. The van der Waals surface area contributed by atoms with Gasteiger partial charge in [-0.2, -0.15) is 0 Å². The van der Waals surface area contributed by atoms with E-state index >= 15 is 0 Å². The largest absolute Gasteiger partial charge is 0.468 e. The van der Waals surface area contributed by atoms with Crippen LogP contribution in [0.3, 0.4) is 0 Å². The molecule has 0 aromatic heterocycles. The van der Waals surface area contributed by atoms with E-state index < -0.39 is 16.4 Å². The zero-order chi connectivity index (χ0) is 12.6. The van der Waals surface area contributed by atoms with E-state index in [0.29, 0.717) is 12.0 Å². The van der Waals surface area contributed by atoms with E-state index in [1.807, 2.05) is 0 Å². The summed E-state index contributed by atoms with van der Waals surface area (Å²) < 4.78 is 4.61. The van der Waals surface area contributed by atoms with Gasteiger partial charge in [0.25, 0.3) is 5.69 Å². The van der Waals surface area contributed by atoms with Crippen LogP contribution in [0.4, 0.5) is 5.69 Å². The number of esters is 1. The van der Waals surface area contributed by atoms with E-state index in [-0.39, 0.29) is 11.6 Å². The first-order chi connectivity index (χ1) is 7.99. The van der Waals surface area contributed by atoms with Crippen LogP contribution in [-0.2, 0) is 9.53 Å². The molecule has 1 aromatic rings. The average Bonchev–Trinajstić information content (AvgIpc) is 3.02. The number of rotatable bonds is 3. The van der Waals surface area contributed by atoms with Gasteiger partial charge in [-0.05, 0) is 12.0 Å². The van der Waals surface area contributed by atoms with Crippen LogP contribution in [0, 0.1) is 10.1 Å². The zero-order valence-corrected chi connectivity index (χ0v) is 9.25. The SMILES string of the molecule is COC(=O)C1(N)CC1c1cccc([N+](=O)[O-])c1. The van der Waals surface area contributed by atoms with Gasteiger partial charge in [0, 0.05) is 18.1 Å². The molecular formula is C11H12N2O4. The topological polar surface area (TPSA) is 95.5 Å². The highest BCUT2D eigenvalue weighted by atomic mass is 16.6. The summed E-state index contributed by atoms with van der Waals surface area (Å²) in [5.74, 6) is -0.677. The smallest absolute Gasteiger partial charge is 0.326 e. The van der Waals surface area contributed by atoms with Gasteiger partial charge in [0.15, 0.2) is 0 Å². The Labute approximate surface area is 97.5 Å². The summed E-state index contributed by atoms with van der Waals surface area (Å²) in [6, 6.07) is 6.17. The number of nitro groups is 1.